The maximum atomic E-state index is 14.2. The van der Waals surface area contributed by atoms with E-state index in [1.807, 2.05) is 40.7 Å². The smallest absolute Gasteiger partial charge is 0.184 e. The number of nitrogens with one attached hydrogen (secondary N) is 1. The van der Waals surface area contributed by atoms with Crippen LogP contribution >= 0.6 is 0 Å². The third-order valence-electron chi connectivity index (χ3n) is 6.60. The van der Waals surface area contributed by atoms with Crippen LogP contribution in [-0.4, -0.2) is 36.9 Å². The van der Waals surface area contributed by atoms with Crippen molar-refractivity contribution in [1.82, 2.24) is 0 Å². The van der Waals surface area contributed by atoms with Crippen molar-refractivity contribution in [1.29, 1.82) is 5.41 Å². The van der Waals surface area contributed by atoms with E-state index in [1.165, 1.54) is 7.11 Å². The van der Waals surface area contributed by atoms with Gasteiger partial charge in [0.05, 0.1) is 42.6 Å². The molecule has 1 aliphatic carbocycles. The molecule has 6 nitrogen and oxygen atoms in total. The second-order valence-electron chi connectivity index (χ2n) is 9.70. The van der Waals surface area contributed by atoms with Crippen molar-refractivity contribution in [2.45, 2.75) is 60.2 Å². The molecule has 1 aromatic carbocycles. The molecule has 0 bridgehead atoms. The van der Waals surface area contributed by atoms with Crippen molar-refractivity contribution in [3.8, 4) is 5.75 Å². The minimum absolute atomic E-state index is 0.0125. The standard InChI is InChI=1S/C29H37NO5/c1-18(2)11-13-29(14-12-19(3)4)20(5)17-22(31)25(27(29)32)26(30)24-21(9-7-10-23(24)33-6)28-34-15-8-16-35-28/h7,9-12,17,28,30-31H,8,13-16H2,1-6H3. The van der Waals surface area contributed by atoms with E-state index in [9.17, 15) is 15.3 Å². The van der Waals surface area contributed by atoms with Crippen LogP contribution in [0.4, 0.5) is 0 Å². The number of aliphatic hydroxyl groups is 1. The molecule has 2 N–H and O–H groups in total. The van der Waals surface area contributed by atoms with Crippen LogP contribution < -0.4 is 4.74 Å². The minimum atomic E-state index is -0.886. The Morgan fingerprint density at radius 1 is 1.14 bits per heavy atom. The van der Waals surface area contributed by atoms with Gasteiger partial charge in [-0.3, -0.25) is 10.2 Å². The van der Waals surface area contributed by atoms with Gasteiger partial charge in [-0.2, -0.15) is 0 Å². The first kappa shape index (κ1) is 26.6. The van der Waals surface area contributed by atoms with Gasteiger partial charge in [-0.15, -0.1) is 0 Å². The van der Waals surface area contributed by atoms with Crippen molar-refractivity contribution in [2.75, 3.05) is 20.3 Å². The van der Waals surface area contributed by atoms with Gasteiger partial charge in [0.2, 0.25) is 0 Å². The number of allylic oxidation sites excluding steroid dienone is 7. The maximum absolute atomic E-state index is 14.2. The Hall–Kier alpha value is -2.96. The molecule has 1 heterocycles. The van der Waals surface area contributed by atoms with Crippen LogP contribution in [0.2, 0.25) is 0 Å². The molecule has 1 saturated heterocycles. The number of aliphatic hydroxyl groups excluding tert-OH is 1. The van der Waals surface area contributed by atoms with Gasteiger partial charge in [-0.05, 0) is 66.0 Å². The molecule has 1 aliphatic heterocycles. The average Bonchev–Trinajstić information content (AvgIpc) is 2.83. The number of rotatable bonds is 8. The summed E-state index contributed by atoms with van der Waals surface area (Å²) in [5.74, 6) is -0.0500. The van der Waals surface area contributed by atoms with Crippen LogP contribution in [0.15, 0.2) is 64.5 Å². The van der Waals surface area contributed by atoms with E-state index < -0.39 is 11.7 Å². The van der Waals surface area contributed by atoms with Crippen LogP contribution in [-0.2, 0) is 14.3 Å². The van der Waals surface area contributed by atoms with Crippen molar-refractivity contribution >= 4 is 11.5 Å². The van der Waals surface area contributed by atoms with Crippen molar-refractivity contribution < 1.29 is 24.1 Å². The average molecular weight is 480 g/mol. The summed E-state index contributed by atoms with van der Waals surface area (Å²) in [6, 6.07) is 5.36. The Morgan fingerprint density at radius 2 is 1.74 bits per heavy atom. The zero-order valence-corrected chi connectivity index (χ0v) is 21.7. The summed E-state index contributed by atoms with van der Waals surface area (Å²) in [6.45, 7) is 11.0. The molecule has 3 rings (SSSR count). The Balaban J connectivity index is 2.16. The highest BCUT2D eigenvalue weighted by Crippen LogP contribution is 2.45. The van der Waals surface area contributed by atoms with E-state index in [0.717, 1.165) is 23.1 Å². The molecule has 0 aromatic heterocycles. The first-order chi connectivity index (χ1) is 16.6. The summed E-state index contributed by atoms with van der Waals surface area (Å²) in [5, 5.41) is 20.2. The fourth-order valence-corrected chi connectivity index (χ4v) is 4.51. The first-order valence-electron chi connectivity index (χ1n) is 12.0. The molecule has 1 aromatic rings. The lowest BCUT2D eigenvalue weighted by molar-refractivity contribution is -0.183. The van der Waals surface area contributed by atoms with Gasteiger partial charge in [0.15, 0.2) is 12.1 Å². The lowest BCUT2D eigenvalue weighted by atomic mass is 9.65. The fraction of sp³-hybridized carbons (Fsp3) is 0.448. The van der Waals surface area contributed by atoms with Gasteiger partial charge < -0.3 is 19.3 Å². The number of ketones is 1. The number of carbonyl (C=O) groups is 1. The minimum Gasteiger partial charge on any atom is -0.507 e. The molecule has 0 saturated carbocycles. The third-order valence-corrected chi connectivity index (χ3v) is 6.60. The van der Waals surface area contributed by atoms with Crippen molar-refractivity contribution in [2.24, 2.45) is 5.41 Å². The summed E-state index contributed by atoms with van der Waals surface area (Å²) in [7, 11) is 1.52. The highest BCUT2D eigenvalue weighted by Gasteiger charge is 2.45. The first-order valence-corrected chi connectivity index (χ1v) is 12.0. The molecular weight excluding hydrogens is 442 g/mol. The van der Waals surface area contributed by atoms with Gasteiger partial charge in [0.25, 0.3) is 0 Å². The summed E-state index contributed by atoms with van der Waals surface area (Å²) in [4.78, 5) is 14.2. The lowest BCUT2D eigenvalue weighted by Gasteiger charge is -2.36. The molecule has 0 atom stereocenters. The van der Waals surface area contributed by atoms with Crippen LogP contribution in [0.5, 0.6) is 5.75 Å². The topological polar surface area (TPSA) is 88.8 Å². The van der Waals surface area contributed by atoms with E-state index in [1.54, 1.807) is 18.2 Å². The van der Waals surface area contributed by atoms with Gasteiger partial charge in [0.1, 0.15) is 11.5 Å². The predicted molar refractivity (Wildman–Crippen MR) is 138 cm³/mol. The van der Waals surface area contributed by atoms with Crippen LogP contribution in [0.25, 0.3) is 0 Å². The summed E-state index contributed by atoms with van der Waals surface area (Å²) in [5.41, 5.74) is 3.00. The quantitative estimate of drug-likeness (QED) is 0.326. The molecular formula is C29H37NO5. The number of hydrogen-bond acceptors (Lipinski definition) is 6. The fourth-order valence-electron chi connectivity index (χ4n) is 4.51. The molecule has 0 radical (unpaired) electrons. The Bertz CT molecular complexity index is 1090. The van der Waals surface area contributed by atoms with Crippen LogP contribution in [0.1, 0.15) is 71.3 Å². The van der Waals surface area contributed by atoms with E-state index >= 15 is 0 Å². The summed E-state index contributed by atoms with van der Waals surface area (Å²) in [6.07, 6.45) is 6.82. The molecule has 0 unspecified atom stereocenters. The van der Waals surface area contributed by atoms with Gasteiger partial charge in [-0.25, -0.2) is 0 Å². The monoisotopic (exact) mass is 479 g/mol. The molecule has 0 amide bonds. The normalized spacial score (nSPS) is 18.1. The largest absolute Gasteiger partial charge is 0.507 e. The van der Waals surface area contributed by atoms with Gasteiger partial charge in [0, 0.05) is 5.56 Å². The van der Waals surface area contributed by atoms with E-state index in [4.69, 9.17) is 14.2 Å². The second-order valence-corrected chi connectivity index (χ2v) is 9.70. The lowest BCUT2D eigenvalue weighted by Crippen LogP contribution is -2.38. The predicted octanol–water partition coefficient (Wildman–Crippen LogP) is 6.54. The number of ether oxygens (including phenoxy) is 3. The molecule has 35 heavy (non-hydrogen) atoms. The second kappa shape index (κ2) is 11.2. The number of methoxy groups -OCH3 is 1. The van der Waals surface area contributed by atoms with Crippen molar-refractivity contribution in [3.05, 3.63) is 75.6 Å². The third kappa shape index (κ3) is 5.49. The zero-order chi connectivity index (χ0) is 25.8. The van der Waals surface area contributed by atoms with Crippen LogP contribution in [0, 0.1) is 10.8 Å². The maximum Gasteiger partial charge on any atom is 0.184 e. The Morgan fingerprint density at radius 3 is 2.29 bits per heavy atom. The number of carbonyl (C=O) groups excluding carboxylic acids is 1. The summed E-state index contributed by atoms with van der Waals surface area (Å²) >= 11 is 0. The van der Waals surface area contributed by atoms with Crippen LogP contribution in [0.3, 0.4) is 0 Å². The van der Waals surface area contributed by atoms with Crippen molar-refractivity contribution in [3.63, 3.8) is 0 Å². The SMILES string of the molecule is COc1cccc(C2OCCCO2)c1C(=N)C1=C(O)C=C(C)C(CC=C(C)C)(CC=C(C)C)C1=O. The molecule has 188 valence electrons. The summed E-state index contributed by atoms with van der Waals surface area (Å²) < 4.78 is 17.2. The highest BCUT2D eigenvalue weighted by molar-refractivity contribution is 6.31. The molecule has 2 aliphatic rings. The Kier molecular flexibility index (Phi) is 8.51. The Labute approximate surface area is 208 Å². The number of Topliss-reactive ketones (excluding diaryl/α,β-unsaturated/α-hetero) is 1. The van der Waals surface area contributed by atoms with E-state index in [2.05, 4.69) is 12.2 Å². The molecule has 0 spiro atoms. The zero-order valence-electron chi connectivity index (χ0n) is 21.7. The van der Waals surface area contributed by atoms with E-state index in [0.29, 0.717) is 42.9 Å². The van der Waals surface area contributed by atoms with Gasteiger partial charge >= 0.3 is 0 Å². The highest BCUT2D eigenvalue weighted by atomic mass is 16.7. The number of hydrogen-bond donors (Lipinski definition) is 2. The molecule has 1 fully saturated rings. The number of benzene rings is 1. The van der Waals surface area contributed by atoms with Gasteiger partial charge in [-0.1, -0.05) is 41.0 Å². The molecule has 6 heteroatoms. The van der Waals surface area contributed by atoms with E-state index in [-0.39, 0.29) is 22.8 Å².